The van der Waals surface area contributed by atoms with E-state index in [1.54, 1.807) is 6.20 Å². The van der Waals surface area contributed by atoms with Crippen LogP contribution in [0.2, 0.25) is 0 Å². The van der Waals surface area contributed by atoms with Crippen LogP contribution in [0.4, 0.5) is 4.39 Å². The van der Waals surface area contributed by atoms with Gasteiger partial charge in [0.15, 0.2) is 0 Å². The normalized spacial score (nSPS) is 10.6. The van der Waals surface area contributed by atoms with E-state index in [1.807, 2.05) is 35.0 Å². The molecule has 2 rings (SSSR count). The first-order valence-corrected chi connectivity index (χ1v) is 6.22. The van der Waals surface area contributed by atoms with Gasteiger partial charge >= 0.3 is 0 Å². The molecule has 0 fully saturated rings. The third-order valence-corrected chi connectivity index (χ3v) is 3.07. The van der Waals surface area contributed by atoms with E-state index in [4.69, 9.17) is 0 Å². The van der Waals surface area contributed by atoms with Crippen LogP contribution in [0.5, 0.6) is 0 Å². The zero-order valence-corrected chi connectivity index (χ0v) is 10.9. The molecule has 0 saturated heterocycles. The molecule has 1 heterocycles. The van der Waals surface area contributed by atoms with Crippen LogP contribution in [-0.4, -0.2) is 16.2 Å². The van der Waals surface area contributed by atoms with Crippen molar-refractivity contribution < 1.29 is 4.39 Å². The molecule has 0 atom stereocenters. The van der Waals surface area contributed by atoms with Crippen LogP contribution in [0.25, 0.3) is 11.4 Å². The number of rotatable bonds is 4. The number of imidazole rings is 1. The van der Waals surface area contributed by atoms with E-state index in [1.165, 1.54) is 3.57 Å². The topological polar surface area (TPSA) is 17.8 Å². The SMILES string of the molecule is FCCCn1ccnc1-c1ccc(I)cc1. The fourth-order valence-corrected chi connectivity index (χ4v) is 1.94. The lowest BCUT2D eigenvalue weighted by Crippen LogP contribution is -2.00. The maximum atomic E-state index is 12.1. The summed E-state index contributed by atoms with van der Waals surface area (Å²) in [6, 6.07) is 8.17. The van der Waals surface area contributed by atoms with Crippen molar-refractivity contribution in [2.24, 2.45) is 0 Å². The summed E-state index contributed by atoms with van der Waals surface area (Å²) in [6.45, 7) is 0.391. The summed E-state index contributed by atoms with van der Waals surface area (Å²) >= 11 is 2.27. The number of nitrogens with zero attached hydrogens (tertiary/aromatic N) is 2. The first kappa shape index (κ1) is 11.6. The van der Waals surface area contributed by atoms with Crippen molar-refractivity contribution in [3.63, 3.8) is 0 Å². The fourth-order valence-electron chi connectivity index (χ4n) is 1.58. The van der Waals surface area contributed by atoms with Crippen molar-refractivity contribution in [2.45, 2.75) is 13.0 Å². The Balaban J connectivity index is 2.26. The van der Waals surface area contributed by atoms with Gasteiger partial charge in [-0.2, -0.15) is 0 Å². The van der Waals surface area contributed by atoms with Crippen LogP contribution in [0.3, 0.4) is 0 Å². The molecule has 0 saturated carbocycles. The van der Waals surface area contributed by atoms with Crippen LogP contribution in [0.1, 0.15) is 6.42 Å². The van der Waals surface area contributed by atoms with E-state index < -0.39 is 0 Å². The Morgan fingerprint density at radius 2 is 2.00 bits per heavy atom. The number of benzene rings is 1. The van der Waals surface area contributed by atoms with Gasteiger partial charge in [-0.3, -0.25) is 4.39 Å². The highest BCUT2D eigenvalue weighted by molar-refractivity contribution is 14.1. The predicted octanol–water partition coefficient (Wildman–Crippen LogP) is 3.51. The Labute approximate surface area is 108 Å². The average molecular weight is 330 g/mol. The molecule has 0 aliphatic carbocycles. The number of hydrogen-bond donors (Lipinski definition) is 0. The summed E-state index contributed by atoms with van der Waals surface area (Å²) in [5, 5.41) is 0. The van der Waals surface area contributed by atoms with Gasteiger partial charge in [0.25, 0.3) is 0 Å². The zero-order chi connectivity index (χ0) is 11.4. The molecule has 2 nitrogen and oxygen atoms in total. The second kappa shape index (κ2) is 5.43. The monoisotopic (exact) mass is 330 g/mol. The van der Waals surface area contributed by atoms with Crippen molar-refractivity contribution in [1.29, 1.82) is 0 Å². The largest absolute Gasteiger partial charge is 0.331 e. The van der Waals surface area contributed by atoms with Gasteiger partial charge in [0.2, 0.25) is 0 Å². The third kappa shape index (κ3) is 2.61. The molecular formula is C12H12FIN2. The number of aryl methyl sites for hydroxylation is 1. The molecule has 0 N–H and O–H groups in total. The molecule has 0 spiro atoms. The first-order chi connectivity index (χ1) is 7.81. The summed E-state index contributed by atoms with van der Waals surface area (Å²) in [5.74, 6) is 0.907. The fraction of sp³-hybridized carbons (Fsp3) is 0.250. The summed E-state index contributed by atoms with van der Waals surface area (Å²) in [7, 11) is 0. The summed E-state index contributed by atoms with van der Waals surface area (Å²) < 4.78 is 15.3. The van der Waals surface area contributed by atoms with Crippen molar-refractivity contribution in [3.05, 3.63) is 40.2 Å². The van der Waals surface area contributed by atoms with E-state index in [2.05, 4.69) is 27.6 Å². The van der Waals surface area contributed by atoms with E-state index in [0.717, 1.165) is 11.4 Å². The minimum Gasteiger partial charge on any atom is -0.331 e. The van der Waals surface area contributed by atoms with Crippen LogP contribution < -0.4 is 0 Å². The molecule has 0 amide bonds. The molecule has 0 bridgehead atoms. The molecule has 1 aromatic carbocycles. The highest BCUT2D eigenvalue weighted by Gasteiger charge is 2.04. The van der Waals surface area contributed by atoms with Gasteiger partial charge < -0.3 is 4.57 Å². The highest BCUT2D eigenvalue weighted by atomic mass is 127. The quantitative estimate of drug-likeness (QED) is 0.785. The molecule has 0 aliphatic rings. The maximum Gasteiger partial charge on any atom is 0.139 e. The zero-order valence-electron chi connectivity index (χ0n) is 8.74. The summed E-state index contributed by atoms with van der Waals surface area (Å²) in [6.07, 6.45) is 4.18. The lowest BCUT2D eigenvalue weighted by molar-refractivity contribution is 0.448. The van der Waals surface area contributed by atoms with E-state index in [0.29, 0.717) is 13.0 Å². The second-order valence-electron chi connectivity index (χ2n) is 3.49. The predicted molar refractivity (Wildman–Crippen MR) is 71.0 cm³/mol. The van der Waals surface area contributed by atoms with Crippen molar-refractivity contribution in [2.75, 3.05) is 6.67 Å². The average Bonchev–Trinajstić information content (AvgIpc) is 2.75. The van der Waals surface area contributed by atoms with Gasteiger partial charge in [0, 0.05) is 28.1 Å². The minimum absolute atomic E-state index is 0.287. The molecule has 4 heteroatoms. The lowest BCUT2D eigenvalue weighted by Gasteiger charge is -2.06. The van der Waals surface area contributed by atoms with E-state index in [9.17, 15) is 4.39 Å². The molecule has 16 heavy (non-hydrogen) atoms. The Kier molecular flexibility index (Phi) is 3.93. The Hall–Kier alpha value is -0.910. The number of aromatic nitrogens is 2. The minimum atomic E-state index is -0.287. The van der Waals surface area contributed by atoms with Gasteiger partial charge in [0.1, 0.15) is 5.82 Å². The van der Waals surface area contributed by atoms with Crippen molar-refractivity contribution in [3.8, 4) is 11.4 Å². The van der Waals surface area contributed by atoms with Gasteiger partial charge in [-0.15, -0.1) is 0 Å². The molecule has 0 unspecified atom stereocenters. The third-order valence-electron chi connectivity index (χ3n) is 2.35. The lowest BCUT2D eigenvalue weighted by atomic mass is 10.2. The number of hydrogen-bond acceptors (Lipinski definition) is 1. The van der Waals surface area contributed by atoms with Gasteiger partial charge in [-0.1, -0.05) is 12.1 Å². The summed E-state index contributed by atoms with van der Waals surface area (Å²) in [4.78, 5) is 4.31. The van der Waals surface area contributed by atoms with E-state index in [-0.39, 0.29) is 6.67 Å². The van der Waals surface area contributed by atoms with Gasteiger partial charge in [-0.05, 0) is 41.1 Å². The molecule has 2 aromatic rings. The Morgan fingerprint density at radius 3 is 2.69 bits per heavy atom. The first-order valence-electron chi connectivity index (χ1n) is 5.14. The van der Waals surface area contributed by atoms with E-state index >= 15 is 0 Å². The molecule has 1 aromatic heterocycles. The maximum absolute atomic E-state index is 12.1. The Bertz CT molecular complexity index is 450. The van der Waals surface area contributed by atoms with Crippen LogP contribution in [0, 0.1) is 3.57 Å². The highest BCUT2D eigenvalue weighted by Crippen LogP contribution is 2.19. The van der Waals surface area contributed by atoms with Crippen molar-refractivity contribution in [1.82, 2.24) is 9.55 Å². The van der Waals surface area contributed by atoms with Gasteiger partial charge in [-0.25, -0.2) is 4.98 Å². The standard InChI is InChI=1S/C12H12FIN2/c13-6-1-8-16-9-7-15-12(16)10-2-4-11(14)5-3-10/h2-5,7,9H,1,6,8H2. The number of halogens is 2. The van der Waals surface area contributed by atoms with Crippen molar-refractivity contribution >= 4 is 22.6 Å². The van der Waals surface area contributed by atoms with Gasteiger partial charge in [0.05, 0.1) is 6.67 Å². The molecule has 84 valence electrons. The van der Waals surface area contributed by atoms with Crippen LogP contribution in [0.15, 0.2) is 36.7 Å². The molecule has 0 aliphatic heterocycles. The number of alkyl halides is 1. The second-order valence-corrected chi connectivity index (χ2v) is 4.74. The van der Waals surface area contributed by atoms with Crippen LogP contribution in [-0.2, 0) is 6.54 Å². The Morgan fingerprint density at radius 1 is 1.25 bits per heavy atom. The molecular weight excluding hydrogens is 318 g/mol. The summed E-state index contributed by atoms with van der Waals surface area (Å²) in [5.41, 5.74) is 1.07. The molecule has 0 radical (unpaired) electrons. The smallest absolute Gasteiger partial charge is 0.139 e. The van der Waals surface area contributed by atoms with Crippen LogP contribution >= 0.6 is 22.6 Å².